The molecule has 0 unspecified atom stereocenters. The van der Waals surface area contributed by atoms with Crippen LogP contribution in [0.5, 0.6) is 0 Å². The first-order chi connectivity index (χ1) is 7.99. The van der Waals surface area contributed by atoms with E-state index in [2.05, 4.69) is 0 Å². The average Bonchev–Trinajstić information content (AvgIpc) is 2.30. The lowest BCUT2D eigenvalue weighted by Gasteiger charge is -2.33. The lowest BCUT2D eigenvalue weighted by atomic mass is 10.3. The summed E-state index contributed by atoms with van der Waals surface area (Å²) >= 11 is 0. The lowest BCUT2D eigenvalue weighted by Crippen LogP contribution is -2.50. The van der Waals surface area contributed by atoms with E-state index in [1.807, 2.05) is 4.90 Å². The number of esters is 1. The summed E-state index contributed by atoms with van der Waals surface area (Å²) < 4.78 is 29.5. The number of hydrogen-bond donors (Lipinski definition) is 0. The Hall–Kier alpha value is -0.660. The van der Waals surface area contributed by atoms with Gasteiger partial charge in [0.25, 0.3) is 0 Å². The van der Waals surface area contributed by atoms with Crippen LogP contribution in [0.15, 0.2) is 0 Å². The summed E-state index contributed by atoms with van der Waals surface area (Å²) in [7, 11) is -3.09. The molecule has 17 heavy (non-hydrogen) atoms. The molecule has 0 aliphatic carbocycles. The highest BCUT2D eigenvalue weighted by Gasteiger charge is 2.26. The fourth-order valence-corrected chi connectivity index (χ4v) is 2.82. The highest BCUT2D eigenvalue weighted by molar-refractivity contribution is 7.89. The molecule has 1 fully saturated rings. The Kier molecular flexibility index (Phi) is 5.35. The molecule has 0 N–H and O–H groups in total. The molecule has 1 heterocycles. The van der Waals surface area contributed by atoms with Crippen LogP contribution in [-0.2, 0) is 19.6 Å². The van der Waals surface area contributed by atoms with E-state index in [1.165, 1.54) is 4.31 Å². The summed E-state index contributed by atoms with van der Waals surface area (Å²) in [6.45, 7) is 6.10. The molecular formula is C10H20N2O4S. The molecule has 0 atom stereocenters. The number of hydrogen-bond acceptors (Lipinski definition) is 5. The van der Waals surface area contributed by atoms with E-state index >= 15 is 0 Å². The van der Waals surface area contributed by atoms with Crippen LogP contribution in [0.1, 0.15) is 13.8 Å². The number of carbonyl (C=O) groups excluding carboxylic acids is 1. The maximum atomic E-state index is 11.6. The van der Waals surface area contributed by atoms with Crippen LogP contribution in [-0.4, -0.2) is 68.7 Å². The van der Waals surface area contributed by atoms with E-state index in [0.29, 0.717) is 32.8 Å². The summed E-state index contributed by atoms with van der Waals surface area (Å²) in [5, 5.41) is 0. The van der Waals surface area contributed by atoms with Crippen LogP contribution < -0.4 is 0 Å². The molecule has 1 aliphatic heterocycles. The fraction of sp³-hybridized carbons (Fsp3) is 0.900. The molecule has 6 nitrogen and oxygen atoms in total. The fourth-order valence-electron chi connectivity index (χ4n) is 1.74. The Bertz CT molecular complexity index is 347. The van der Waals surface area contributed by atoms with E-state index < -0.39 is 10.0 Å². The smallest absolute Gasteiger partial charge is 0.320 e. The minimum Gasteiger partial charge on any atom is -0.465 e. The maximum absolute atomic E-state index is 11.6. The van der Waals surface area contributed by atoms with Gasteiger partial charge < -0.3 is 4.74 Å². The second-order valence-electron chi connectivity index (χ2n) is 3.88. The van der Waals surface area contributed by atoms with Gasteiger partial charge in [-0.05, 0) is 13.8 Å². The lowest BCUT2D eigenvalue weighted by molar-refractivity contribution is -0.144. The third-order valence-electron chi connectivity index (χ3n) is 2.75. The van der Waals surface area contributed by atoms with Crippen LogP contribution in [0.25, 0.3) is 0 Å². The molecule has 0 aromatic carbocycles. The predicted octanol–water partition coefficient (Wildman–Crippen LogP) is -0.483. The van der Waals surface area contributed by atoms with Gasteiger partial charge >= 0.3 is 5.97 Å². The van der Waals surface area contributed by atoms with Crippen molar-refractivity contribution in [1.82, 2.24) is 9.21 Å². The van der Waals surface area contributed by atoms with Crippen LogP contribution in [0.4, 0.5) is 0 Å². The highest BCUT2D eigenvalue weighted by Crippen LogP contribution is 2.07. The zero-order chi connectivity index (χ0) is 12.9. The van der Waals surface area contributed by atoms with Crippen molar-refractivity contribution in [3.05, 3.63) is 0 Å². The Morgan fingerprint density at radius 2 is 1.76 bits per heavy atom. The molecule has 0 saturated carbocycles. The molecule has 0 radical (unpaired) electrons. The molecule has 1 rings (SSSR count). The minimum absolute atomic E-state index is 0.130. The van der Waals surface area contributed by atoms with Gasteiger partial charge in [0.2, 0.25) is 10.0 Å². The van der Waals surface area contributed by atoms with E-state index in [0.717, 1.165) is 0 Å². The molecule has 1 aliphatic rings. The predicted molar refractivity (Wildman–Crippen MR) is 64.1 cm³/mol. The summed E-state index contributed by atoms with van der Waals surface area (Å²) in [5.74, 6) is -0.121. The molecule has 100 valence electrons. The summed E-state index contributed by atoms with van der Waals surface area (Å²) in [5.41, 5.74) is 0. The van der Waals surface area contributed by atoms with Gasteiger partial charge in [-0.3, -0.25) is 9.69 Å². The van der Waals surface area contributed by atoms with Crippen LogP contribution in [0.3, 0.4) is 0 Å². The van der Waals surface area contributed by atoms with Gasteiger partial charge in [-0.15, -0.1) is 0 Å². The largest absolute Gasteiger partial charge is 0.465 e. The van der Waals surface area contributed by atoms with Crippen molar-refractivity contribution in [2.75, 3.05) is 45.1 Å². The van der Waals surface area contributed by atoms with Gasteiger partial charge in [-0.25, -0.2) is 8.42 Å². The van der Waals surface area contributed by atoms with E-state index in [9.17, 15) is 13.2 Å². The molecule has 0 bridgehead atoms. The average molecular weight is 264 g/mol. The summed E-state index contributed by atoms with van der Waals surface area (Å²) in [6, 6.07) is 0. The van der Waals surface area contributed by atoms with Crippen molar-refractivity contribution in [2.24, 2.45) is 0 Å². The Labute approximate surface area is 103 Å². The number of sulfonamides is 1. The third kappa shape index (κ3) is 4.25. The molecule has 0 spiro atoms. The van der Waals surface area contributed by atoms with Crippen molar-refractivity contribution < 1.29 is 17.9 Å². The Balaban J connectivity index is 2.38. The SMILES string of the molecule is CCOC(=O)CN1CCN(S(=O)(=O)CC)CC1. The number of carbonyl (C=O) groups is 1. The second kappa shape index (κ2) is 6.32. The van der Waals surface area contributed by atoms with E-state index in [1.54, 1.807) is 13.8 Å². The number of rotatable bonds is 5. The standard InChI is InChI=1S/C10H20N2O4S/c1-3-16-10(13)9-11-5-7-12(8-6-11)17(14,15)4-2/h3-9H2,1-2H3. The summed E-state index contributed by atoms with van der Waals surface area (Å²) in [4.78, 5) is 13.2. The summed E-state index contributed by atoms with van der Waals surface area (Å²) in [6.07, 6.45) is 0. The zero-order valence-corrected chi connectivity index (χ0v) is 11.2. The number of ether oxygens (including phenoxy) is 1. The first-order valence-electron chi connectivity index (χ1n) is 5.85. The normalized spacial score (nSPS) is 19.2. The topological polar surface area (TPSA) is 66.9 Å². The van der Waals surface area contributed by atoms with Crippen molar-refractivity contribution in [1.29, 1.82) is 0 Å². The molecule has 0 aromatic heterocycles. The number of nitrogens with zero attached hydrogens (tertiary/aromatic N) is 2. The van der Waals surface area contributed by atoms with E-state index in [4.69, 9.17) is 4.74 Å². The molecule has 7 heteroatoms. The Morgan fingerprint density at radius 3 is 2.24 bits per heavy atom. The molecule has 0 aromatic rings. The van der Waals surface area contributed by atoms with E-state index in [-0.39, 0.29) is 18.3 Å². The first kappa shape index (κ1) is 14.4. The third-order valence-corrected chi connectivity index (χ3v) is 4.63. The first-order valence-corrected chi connectivity index (χ1v) is 7.46. The molecular weight excluding hydrogens is 244 g/mol. The van der Waals surface area contributed by atoms with Crippen LogP contribution >= 0.6 is 0 Å². The highest BCUT2D eigenvalue weighted by atomic mass is 32.2. The van der Waals surface area contributed by atoms with Crippen molar-refractivity contribution in [3.63, 3.8) is 0 Å². The molecule has 1 saturated heterocycles. The van der Waals surface area contributed by atoms with Gasteiger partial charge in [0.1, 0.15) is 0 Å². The monoisotopic (exact) mass is 264 g/mol. The zero-order valence-electron chi connectivity index (χ0n) is 10.4. The van der Waals surface area contributed by atoms with Crippen LogP contribution in [0.2, 0.25) is 0 Å². The maximum Gasteiger partial charge on any atom is 0.320 e. The van der Waals surface area contributed by atoms with Crippen LogP contribution in [0, 0.1) is 0 Å². The van der Waals surface area contributed by atoms with Crippen molar-refractivity contribution in [3.8, 4) is 0 Å². The van der Waals surface area contributed by atoms with Gasteiger partial charge in [0.15, 0.2) is 0 Å². The molecule has 0 amide bonds. The quantitative estimate of drug-likeness (QED) is 0.627. The van der Waals surface area contributed by atoms with Gasteiger partial charge in [0, 0.05) is 26.2 Å². The minimum atomic E-state index is -3.09. The van der Waals surface area contributed by atoms with Gasteiger partial charge in [0.05, 0.1) is 18.9 Å². The van der Waals surface area contributed by atoms with Gasteiger partial charge in [-0.1, -0.05) is 0 Å². The Morgan fingerprint density at radius 1 is 1.18 bits per heavy atom. The van der Waals surface area contributed by atoms with Gasteiger partial charge in [-0.2, -0.15) is 4.31 Å². The second-order valence-corrected chi connectivity index (χ2v) is 6.14. The van der Waals surface area contributed by atoms with Crippen molar-refractivity contribution in [2.45, 2.75) is 13.8 Å². The van der Waals surface area contributed by atoms with Crippen molar-refractivity contribution >= 4 is 16.0 Å². The number of piperazine rings is 1.